The predicted octanol–water partition coefficient (Wildman–Crippen LogP) is -2.71. The Morgan fingerprint density at radius 1 is 1.46 bits per heavy atom. The second kappa shape index (κ2) is 6.81. The van der Waals surface area contributed by atoms with Gasteiger partial charge in [-0.15, -0.1) is 5.10 Å². The van der Waals surface area contributed by atoms with E-state index < -0.39 is 36.4 Å². The van der Waals surface area contributed by atoms with E-state index >= 15 is 0 Å². The molecule has 24 heavy (non-hydrogen) atoms. The molecule has 11 nitrogen and oxygen atoms in total. The molecule has 5 N–H and O–H groups in total. The number of nitrogens with two attached hydrogens (primary N) is 1. The molecule has 3 heterocycles. The average Bonchev–Trinajstić information content (AvgIpc) is 3.28. The van der Waals surface area contributed by atoms with Crippen LogP contribution in [0.3, 0.4) is 0 Å². The van der Waals surface area contributed by atoms with Gasteiger partial charge in [-0.05, 0) is 19.4 Å². The van der Waals surface area contributed by atoms with Gasteiger partial charge in [-0.25, -0.2) is 9.67 Å². The molecule has 11 heteroatoms. The van der Waals surface area contributed by atoms with Crippen molar-refractivity contribution in [2.45, 2.75) is 43.4 Å². The number of amides is 1. The molecule has 1 amide bonds. The highest BCUT2D eigenvalue weighted by molar-refractivity contribution is 5.88. The number of carbonyl (C=O) groups is 2. The standard InChI is InChI=1S/C13H19N5O6/c14-10(21)11-16-5-18(17-11)12-9(20)8(19)7(24-12)4-23-13(22)6-2-1-3-15-6/h5-9,12,15,19-20H,1-4H2,(H2,14,21)/t6-,7-,8-,9-,12-/m1/s1. The number of carbonyl (C=O) groups excluding carboxylic acids is 2. The fourth-order valence-corrected chi connectivity index (χ4v) is 2.75. The van der Waals surface area contributed by atoms with Gasteiger partial charge < -0.3 is 30.7 Å². The molecule has 0 radical (unpaired) electrons. The number of primary amides is 1. The Kier molecular flexibility index (Phi) is 4.76. The van der Waals surface area contributed by atoms with Crippen LogP contribution in [0, 0.1) is 0 Å². The lowest BCUT2D eigenvalue weighted by Crippen LogP contribution is -2.37. The van der Waals surface area contributed by atoms with Crippen LogP contribution in [0.2, 0.25) is 0 Å². The Morgan fingerprint density at radius 2 is 2.25 bits per heavy atom. The second-order valence-electron chi connectivity index (χ2n) is 5.74. The van der Waals surface area contributed by atoms with Crippen molar-refractivity contribution in [3.05, 3.63) is 12.2 Å². The number of aliphatic hydroxyl groups is 2. The van der Waals surface area contributed by atoms with E-state index in [9.17, 15) is 19.8 Å². The molecular weight excluding hydrogens is 322 g/mol. The summed E-state index contributed by atoms with van der Waals surface area (Å²) in [5.74, 6) is -1.48. The number of aromatic nitrogens is 3. The van der Waals surface area contributed by atoms with Crippen LogP contribution in [-0.4, -0.2) is 74.4 Å². The van der Waals surface area contributed by atoms with Crippen molar-refractivity contribution < 1.29 is 29.3 Å². The summed E-state index contributed by atoms with van der Waals surface area (Å²) in [4.78, 5) is 26.5. The van der Waals surface area contributed by atoms with Crippen molar-refractivity contribution in [3.63, 3.8) is 0 Å². The van der Waals surface area contributed by atoms with Gasteiger partial charge in [0.25, 0.3) is 5.91 Å². The first-order valence-electron chi connectivity index (χ1n) is 7.60. The van der Waals surface area contributed by atoms with Crippen molar-refractivity contribution in [3.8, 4) is 0 Å². The summed E-state index contributed by atoms with van der Waals surface area (Å²) in [6.07, 6.45) is -1.81. The van der Waals surface area contributed by atoms with E-state index in [-0.39, 0.29) is 18.5 Å². The van der Waals surface area contributed by atoms with Crippen LogP contribution in [0.15, 0.2) is 6.33 Å². The van der Waals surface area contributed by atoms with Gasteiger partial charge in [0.15, 0.2) is 6.23 Å². The molecule has 132 valence electrons. The van der Waals surface area contributed by atoms with Gasteiger partial charge in [-0.1, -0.05) is 0 Å². The van der Waals surface area contributed by atoms with E-state index in [1.54, 1.807) is 0 Å². The van der Waals surface area contributed by atoms with Crippen LogP contribution in [0.5, 0.6) is 0 Å². The zero-order valence-electron chi connectivity index (χ0n) is 12.7. The van der Waals surface area contributed by atoms with Gasteiger partial charge in [-0.2, -0.15) is 0 Å². The average molecular weight is 341 g/mol. The van der Waals surface area contributed by atoms with Crippen LogP contribution >= 0.6 is 0 Å². The summed E-state index contributed by atoms with van der Waals surface area (Å²) in [6.45, 7) is 0.556. The molecule has 0 aliphatic carbocycles. The largest absolute Gasteiger partial charge is 0.462 e. The number of esters is 1. The van der Waals surface area contributed by atoms with E-state index in [1.165, 1.54) is 0 Å². The fraction of sp³-hybridized carbons (Fsp3) is 0.692. The van der Waals surface area contributed by atoms with Gasteiger partial charge >= 0.3 is 5.97 Å². The minimum atomic E-state index is -1.32. The zero-order valence-corrected chi connectivity index (χ0v) is 12.7. The van der Waals surface area contributed by atoms with Crippen molar-refractivity contribution in [1.29, 1.82) is 0 Å². The zero-order chi connectivity index (χ0) is 17.3. The number of hydrogen-bond acceptors (Lipinski definition) is 9. The van der Waals surface area contributed by atoms with Crippen molar-refractivity contribution in [2.75, 3.05) is 13.2 Å². The van der Waals surface area contributed by atoms with E-state index in [0.717, 1.165) is 24.0 Å². The first-order chi connectivity index (χ1) is 11.5. The minimum Gasteiger partial charge on any atom is -0.462 e. The Morgan fingerprint density at radius 3 is 2.88 bits per heavy atom. The van der Waals surface area contributed by atoms with Gasteiger partial charge in [0.1, 0.15) is 37.3 Å². The molecule has 2 saturated heterocycles. The molecule has 0 aromatic carbocycles. The van der Waals surface area contributed by atoms with E-state index in [2.05, 4.69) is 15.4 Å². The second-order valence-corrected chi connectivity index (χ2v) is 5.74. The van der Waals surface area contributed by atoms with Gasteiger partial charge in [0.2, 0.25) is 5.82 Å². The molecule has 2 aliphatic heterocycles. The highest BCUT2D eigenvalue weighted by atomic mass is 16.6. The lowest BCUT2D eigenvalue weighted by atomic mass is 10.1. The van der Waals surface area contributed by atoms with Crippen LogP contribution in [0.4, 0.5) is 0 Å². The molecule has 2 aliphatic rings. The number of nitrogens with one attached hydrogen (secondary N) is 1. The molecule has 0 bridgehead atoms. The quantitative estimate of drug-likeness (QED) is 0.417. The van der Waals surface area contributed by atoms with E-state index in [0.29, 0.717) is 6.42 Å². The van der Waals surface area contributed by atoms with Crippen LogP contribution in [0.25, 0.3) is 0 Å². The monoisotopic (exact) mass is 341 g/mol. The predicted molar refractivity (Wildman–Crippen MR) is 76.4 cm³/mol. The fourth-order valence-electron chi connectivity index (χ4n) is 2.75. The van der Waals surface area contributed by atoms with Crippen molar-refractivity contribution in [2.24, 2.45) is 5.73 Å². The van der Waals surface area contributed by atoms with Crippen molar-refractivity contribution in [1.82, 2.24) is 20.1 Å². The Hall–Kier alpha value is -2.08. The molecule has 0 unspecified atom stereocenters. The van der Waals surface area contributed by atoms with Crippen LogP contribution in [-0.2, 0) is 14.3 Å². The van der Waals surface area contributed by atoms with Crippen LogP contribution < -0.4 is 11.1 Å². The number of aliphatic hydroxyl groups excluding tert-OH is 2. The normalized spacial score (nSPS) is 32.8. The summed E-state index contributed by atoms with van der Waals surface area (Å²) < 4.78 is 11.7. The van der Waals surface area contributed by atoms with E-state index in [4.69, 9.17) is 15.2 Å². The highest BCUT2D eigenvalue weighted by Gasteiger charge is 2.45. The number of hydrogen-bond donors (Lipinski definition) is 4. The maximum absolute atomic E-state index is 11.9. The molecule has 5 atom stereocenters. The van der Waals surface area contributed by atoms with E-state index in [1.807, 2.05) is 0 Å². The first-order valence-corrected chi connectivity index (χ1v) is 7.60. The Labute approximate surface area is 136 Å². The third-order valence-electron chi connectivity index (χ3n) is 4.06. The van der Waals surface area contributed by atoms with Gasteiger partial charge in [0, 0.05) is 0 Å². The third kappa shape index (κ3) is 3.24. The maximum atomic E-state index is 11.9. The maximum Gasteiger partial charge on any atom is 0.323 e. The summed E-state index contributed by atoms with van der Waals surface area (Å²) >= 11 is 0. The van der Waals surface area contributed by atoms with Crippen LogP contribution in [0.1, 0.15) is 29.7 Å². The Balaban J connectivity index is 1.59. The number of ether oxygens (including phenoxy) is 2. The third-order valence-corrected chi connectivity index (χ3v) is 4.06. The topological polar surface area (TPSA) is 162 Å². The number of nitrogens with zero attached hydrogens (tertiary/aromatic N) is 3. The lowest BCUT2D eigenvalue weighted by Gasteiger charge is -2.16. The Bertz CT molecular complexity index is 616. The number of rotatable bonds is 5. The SMILES string of the molecule is NC(=O)c1ncn([C@@H]2O[C@H](COC(=O)[C@H]3CCCN3)[C@@H](O)[C@H]2O)n1. The molecular formula is C13H19N5O6. The summed E-state index contributed by atoms with van der Waals surface area (Å²) in [5.41, 5.74) is 5.06. The summed E-state index contributed by atoms with van der Waals surface area (Å²) in [6, 6.07) is -0.349. The smallest absolute Gasteiger partial charge is 0.323 e. The molecule has 0 spiro atoms. The molecule has 0 saturated carbocycles. The van der Waals surface area contributed by atoms with Crippen molar-refractivity contribution >= 4 is 11.9 Å². The molecule has 2 fully saturated rings. The minimum absolute atomic E-state index is 0.205. The summed E-state index contributed by atoms with van der Waals surface area (Å²) in [5, 5.41) is 26.9. The molecule has 1 aromatic rings. The molecule has 1 aromatic heterocycles. The first kappa shape index (κ1) is 16.8. The van der Waals surface area contributed by atoms with Gasteiger partial charge in [0.05, 0.1) is 0 Å². The molecule has 3 rings (SSSR count). The lowest BCUT2D eigenvalue weighted by molar-refractivity contribution is -0.152. The highest BCUT2D eigenvalue weighted by Crippen LogP contribution is 2.29. The van der Waals surface area contributed by atoms with Gasteiger partial charge in [-0.3, -0.25) is 9.59 Å². The summed E-state index contributed by atoms with van der Waals surface area (Å²) in [7, 11) is 0.